The molecule has 8 nitrogen and oxygen atoms in total. The predicted octanol–water partition coefficient (Wildman–Crippen LogP) is 2.72. The van der Waals surface area contributed by atoms with E-state index in [4.69, 9.17) is 20.9 Å². The largest absolute Gasteiger partial charge is 0.371 e. The average Bonchev–Trinajstić information content (AvgIpc) is 3.18. The zero-order chi connectivity index (χ0) is 19.9. The van der Waals surface area contributed by atoms with Crippen LogP contribution in [0.5, 0.6) is 0 Å². The zero-order valence-corrected chi connectivity index (χ0v) is 17.3. The molecular formula is C19H27ClN6O2. The van der Waals surface area contributed by atoms with E-state index in [1.54, 1.807) is 7.05 Å². The minimum Gasteiger partial charge on any atom is -0.371 e. The van der Waals surface area contributed by atoms with E-state index in [1.807, 2.05) is 32.0 Å². The third kappa shape index (κ3) is 5.14. The molecule has 1 aromatic heterocycles. The summed E-state index contributed by atoms with van der Waals surface area (Å²) in [6.07, 6.45) is -0.179. The summed E-state index contributed by atoms with van der Waals surface area (Å²) in [6.45, 7) is 8.41. The lowest BCUT2D eigenvalue weighted by Crippen LogP contribution is -2.52. The molecule has 1 N–H and O–H groups in total. The van der Waals surface area contributed by atoms with Crippen LogP contribution in [0.3, 0.4) is 0 Å². The van der Waals surface area contributed by atoms with Gasteiger partial charge in [0.05, 0.1) is 6.54 Å². The van der Waals surface area contributed by atoms with E-state index in [0.717, 1.165) is 42.8 Å². The van der Waals surface area contributed by atoms with Gasteiger partial charge in [-0.25, -0.2) is 0 Å². The molecule has 0 amide bonds. The summed E-state index contributed by atoms with van der Waals surface area (Å²) < 4.78 is 10.8. The highest BCUT2D eigenvalue weighted by molar-refractivity contribution is 6.30. The lowest BCUT2D eigenvalue weighted by atomic mass is 10.2. The number of piperazine rings is 1. The summed E-state index contributed by atoms with van der Waals surface area (Å²) in [7, 11) is 1.78. The molecule has 152 valence electrons. The second kappa shape index (κ2) is 9.75. The molecule has 28 heavy (non-hydrogen) atoms. The van der Waals surface area contributed by atoms with Crippen LogP contribution >= 0.6 is 11.6 Å². The predicted molar refractivity (Wildman–Crippen MR) is 110 cm³/mol. The summed E-state index contributed by atoms with van der Waals surface area (Å²) in [5.41, 5.74) is 1.15. The number of benzene rings is 1. The monoisotopic (exact) mass is 406 g/mol. The van der Waals surface area contributed by atoms with Crippen molar-refractivity contribution in [3.63, 3.8) is 0 Å². The molecule has 1 fully saturated rings. The van der Waals surface area contributed by atoms with Crippen LogP contribution in [0.15, 0.2) is 33.8 Å². The fourth-order valence-corrected chi connectivity index (χ4v) is 3.35. The summed E-state index contributed by atoms with van der Waals surface area (Å²) in [5.74, 6) is 1.90. The maximum Gasteiger partial charge on any atom is 0.246 e. The number of nitrogens with zero attached hydrogens (tertiary/aromatic N) is 5. The maximum atomic E-state index is 6.11. The van der Waals surface area contributed by atoms with E-state index >= 15 is 0 Å². The molecule has 1 aromatic carbocycles. The first-order chi connectivity index (χ1) is 13.6. The number of aliphatic imine (C=N–C) groups is 1. The highest BCUT2D eigenvalue weighted by Gasteiger charge is 2.21. The number of hydrogen-bond acceptors (Lipinski definition) is 6. The number of anilines is 1. The van der Waals surface area contributed by atoms with Crippen molar-refractivity contribution < 1.29 is 9.26 Å². The van der Waals surface area contributed by atoms with Gasteiger partial charge < -0.3 is 24.4 Å². The van der Waals surface area contributed by atoms with Gasteiger partial charge in [-0.2, -0.15) is 4.98 Å². The molecule has 0 radical (unpaired) electrons. The maximum absolute atomic E-state index is 6.11. The van der Waals surface area contributed by atoms with Gasteiger partial charge >= 0.3 is 0 Å². The van der Waals surface area contributed by atoms with E-state index < -0.39 is 0 Å². The molecule has 1 aliphatic rings. The number of halogens is 1. The Morgan fingerprint density at radius 3 is 2.82 bits per heavy atom. The Hall–Kier alpha value is -2.32. The Balaban J connectivity index is 1.51. The van der Waals surface area contributed by atoms with Gasteiger partial charge in [-0.05, 0) is 32.0 Å². The first-order valence-electron chi connectivity index (χ1n) is 9.51. The van der Waals surface area contributed by atoms with E-state index in [0.29, 0.717) is 24.9 Å². The molecule has 0 spiro atoms. The summed E-state index contributed by atoms with van der Waals surface area (Å²) in [5, 5.41) is 8.04. The molecule has 1 aliphatic heterocycles. The van der Waals surface area contributed by atoms with Crippen molar-refractivity contribution in [2.45, 2.75) is 26.5 Å². The van der Waals surface area contributed by atoms with Gasteiger partial charge in [0, 0.05) is 50.5 Å². The Labute approximate surface area is 170 Å². The normalized spacial score (nSPS) is 16.4. The van der Waals surface area contributed by atoms with Crippen LogP contribution in [-0.4, -0.2) is 60.8 Å². The van der Waals surface area contributed by atoms with Crippen molar-refractivity contribution in [3.8, 4) is 0 Å². The van der Waals surface area contributed by atoms with Crippen LogP contribution in [0.2, 0.25) is 5.02 Å². The highest BCUT2D eigenvalue weighted by Crippen LogP contribution is 2.20. The minimum atomic E-state index is -0.179. The molecule has 2 heterocycles. The number of aromatic nitrogens is 2. The zero-order valence-electron chi connectivity index (χ0n) is 16.6. The molecule has 0 bridgehead atoms. The third-order valence-corrected chi connectivity index (χ3v) is 4.86. The molecule has 0 saturated carbocycles. The number of hydrogen-bond donors (Lipinski definition) is 1. The third-order valence-electron chi connectivity index (χ3n) is 4.63. The molecule has 1 saturated heterocycles. The van der Waals surface area contributed by atoms with Gasteiger partial charge in [-0.1, -0.05) is 22.8 Å². The number of rotatable bonds is 6. The molecule has 1 atom stereocenters. The van der Waals surface area contributed by atoms with Gasteiger partial charge in [-0.15, -0.1) is 0 Å². The lowest BCUT2D eigenvalue weighted by Gasteiger charge is -2.37. The summed E-state index contributed by atoms with van der Waals surface area (Å²) >= 11 is 6.11. The molecule has 1 unspecified atom stereocenters. The van der Waals surface area contributed by atoms with Crippen molar-refractivity contribution in [2.75, 3.05) is 44.7 Å². The van der Waals surface area contributed by atoms with E-state index in [-0.39, 0.29) is 6.10 Å². The average molecular weight is 407 g/mol. The van der Waals surface area contributed by atoms with Gasteiger partial charge in [0.15, 0.2) is 11.8 Å². The quantitative estimate of drug-likeness (QED) is 0.583. The van der Waals surface area contributed by atoms with Crippen molar-refractivity contribution in [1.82, 2.24) is 20.4 Å². The Kier molecular flexibility index (Phi) is 7.11. The number of ether oxygens (including phenoxy) is 1. The number of guanidine groups is 1. The van der Waals surface area contributed by atoms with E-state index in [1.165, 1.54) is 0 Å². The van der Waals surface area contributed by atoms with Gasteiger partial charge in [0.25, 0.3) is 0 Å². The Morgan fingerprint density at radius 2 is 2.14 bits per heavy atom. The van der Waals surface area contributed by atoms with Crippen LogP contribution in [0.4, 0.5) is 5.69 Å². The fraction of sp³-hybridized carbons (Fsp3) is 0.526. The Morgan fingerprint density at radius 1 is 1.36 bits per heavy atom. The molecule has 0 aliphatic carbocycles. The molecule has 9 heteroatoms. The molecular weight excluding hydrogens is 380 g/mol. The van der Waals surface area contributed by atoms with Crippen molar-refractivity contribution >= 4 is 23.2 Å². The van der Waals surface area contributed by atoms with Crippen molar-refractivity contribution in [3.05, 3.63) is 41.0 Å². The van der Waals surface area contributed by atoms with Gasteiger partial charge in [0.2, 0.25) is 5.89 Å². The van der Waals surface area contributed by atoms with Crippen molar-refractivity contribution in [2.24, 2.45) is 4.99 Å². The SMILES string of the molecule is CCOC(C)c1noc(CNC(=NC)N2CCN(c3cccc(Cl)c3)CC2)n1. The topological polar surface area (TPSA) is 79.0 Å². The molecule has 2 aromatic rings. The van der Waals surface area contributed by atoms with Gasteiger partial charge in [-0.3, -0.25) is 4.99 Å². The van der Waals surface area contributed by atoms with Crippen LogP contribution < -0.4 is 10.2 Å². The lowest BCUT2D eigenvalue weighted by molar-refractivity contribution is 0.0683. The first-order valence-corrected chi connectivity index (χ1v) is 9.88. The second-order valence-electron chi connectivity index (χ2n) is 6.50. The van der Waals surface area contributed by atoms with Crippen LogP contribution in [0, 0.1) is 0 Å². The Bertz CT molecular complexity index is 788. The van der Waals surface area contributed by atoms with Crippen molar-refractivity contribution in [1.29, 1.82) is 0 Å². The molecule has 3 rings (SSSR count). The highest BCUT2D eigenvalue weighted by atomic mass is 35.5. The fourth-order valence-electron chi connectivity index (χ4n) is 3.17. The summed E-state index contributed by atoms with van der Waals surface area (Å²) in [4.78, 5) is 13.3. The first kappa shape index (κ1) is 20.4. The number of nitrogens with one attached hydrogen (secondary N) is 1. The van der Waals surface area contributed by atoms with Crippen LogP contribution in [-0.2, 0) is 11.3 Å². The summed E-state index contributed by atoms with van der Waals surface area (Å²) in [6, 6.07) is 7.96. The standard InChI is InChI=1S/C19H27ClN6O2/c1-4-27-14(2)18-23-17(28-24-18)13-22-19(21-3)26-10-8-25(9-11-26)16-7-5-6-15(20)12-16/h5-7,12,14H,4,8-11,13H2,1-3H3,(H,21,22). The van der Waals surface area contributed by atoms with E-state index in [9.17, 15) is 0 Å². The van der Waals surface area contributed by atoms with Gasteiger partial charge in [0.1, 0.15) is 6.10 Å². The second-order valence-corrected chi connectivity index (χ2v) is 6.94. The minimum absolute atomic E-state index is 0.179. The van der Waals surface area contributed by atoms with Crippen LogP contribution in [0.1, 0.15) is 31.7 Å². The smallest absolute Gasteiger partial charge is 0.246 e. The van der Waals surface area contributed by atoms with Crippen LogP contribution in [0.25, 0.3) is 0 Å². The van der Waals surface area contributed by atoms with E-state index in [2.05, 4.69) is 36.3 Å².